The topological polar surface area (TPSA) is 84.5 Å². The number of carbonyl (C=O) groups is 3. The van der Waals surface area contributed by atoms with Gasteiger partial charge in [0.15, 0.2) is 6.61 Å². The van der Waals surface area contributed by atoms with Gasteiger partial charge in [-0.2, -0.15) is 13.2 Å². The molecule has 0 atom stereocenters. The number of aryl methyl sites for hydroxylation is 3. The molecule has 166 valence electrons. The molecule has 6 nitrogen and oxygen atoms in total. The van der Waals surface area contributed by atoms with Crippen molar-refractivity contribution in [3.63, 3.8) is 0 Å². The third-order valence-corrected chi connectivity index (χ3v) is 4.78. The second kappa shape index (κ2) is 10.3. The molecule has 0 bridgehead atoms. The first kappa shape index (κ1) is 24.3. The molecular weight excluding hydrogens is 433 g/mol. The highest BCUT2D eigenvalue weighted by atomic mass is 32.2. The van der Waals surface area contributed by atoms with Crippen molar-refractivity contribution in [2.24, 2.45) is 0 Å². The Bertz CT molecular complexity index is 953. The van der Waals surface area contributed by atoms with Crippen LogP contribution in [0.2, 0.25) is 0 Å². The van der Waals surface area contributed by atoms with Gasteiger partial charge in [-0.1, -0.05) is 17.7 Å². The van der Waals surface area contributed by atoms with Crippen molar-refractivity contribution < 1.29 is 32.3 Å². The van der Waals surface area contributed by atoms with Gasteiger partial charge in [-0.15, -0.1) is 0 Å². The Labute approximate surface area is 181 Å². The molecule has 0 aliphatic carbocycles. The molecule has 2 N–H and O–H groups in total. The maximum Gasteiger partial charge on any atom is 0.446 e. The number of anilines is 1. The summed E-state index contributed by atoms with van der Waals surface area (Å²) in [5.74, 6) is -1.99. The Morgan fingerprint density at radius 1 is 0.968 bits per heavy atom. The summed E-state index contributed by atoms with van der Waals surface area (Å²) in [6.45, 7) is 4.73. The number of halogens is 3. The fourth-order valence-corrected chi connectivity index (χ4v) is 3.34. The molecule has 2 aromatic carbocycles. The highest BCUT2D eigenvalue weighted by molar-refractivity contribution is 8.00. The molecule has 0 aliphatic rings. The largest absolute Gasteiger partial charge is 0.452 e. The highest BCUT2D eigenvalue weighted by Crippen LogP contribution is 2.36. The first-order valence-corrected chi connectivity index (χ1v) is 9.93. The van der Waals surface area contributed by atoms with Crippen LogP contribution in [0.25, 0.3) is 0 Å². The van der Waals surface area contributed by atoms with E-state index in [4.69, 9.17) is 4.74 Å². The summed E-state index contributed by atoms with van der Waals surface area (Å²) >= 11 is -0.303. The van der Waals surface area contributed by atoms with E-state index in [2.05, 4.69) is 10.6 Å². The zero-order valence-electron chi connectivity index (χ0n) is 17.1. The van der Waals surface area contributed by atoms with E-state index in [9.17, 15) is 27.6 Å². The minimum Gasteiger partial charge on any atom is -0.452 e. The first-order chi connectivity index (χ1) is 14.4. The van der Waals surface area contributed by atoms with Crippen LogP contribution in [0.15, 0.2) is 41.3 Å². The molecule has 0 saturated carbocycles. The molecule has 0 fully saturated rings. The van der Waals surface area contributed by atoms with Gasteiger partial charge in [0.05, 0.1) is 12.1 Å². The summed E-state index contributed by atoms with van der Waals surface area (Å²) in [7, 11) is 0. The smallest absolute Gasteiger partial charge is 0.446 e. The van der Waals surface area contributed by atoms with E-state index in [-0.39, 0.29) is 28.8 Å². The van der Waals surface area contributed by atoms with Crippen LogP contribution in [0.3, 0.4) is 0 Å². The minimum atomic E-state index is -4.43. The Kier molecular flexibility index (Phi) is 8.09. The molecule has 10 heteroatoms. The van der Waals surface area contributed by atoms with Gasteiger partial charge in [0.25, 0.3) is 5.91 Å². The van der Waals surface area contributed by atoms with E-state index < -0.39 is 29.9 Å². The van der Waals surface area contributed by atoms with E-state index >= 15 is 0 Å². The van der Waals surface area contributed by atoms with Crippen LogP contribution >= 0.6 is 11.8 Å². The summed E-state index contributed by atoms with van der Waals surface area (Å²) in [5.41, 5.74) is -0.900. The minimum absolute atomic E-state index is 0.00221. The van der Waals surface area contributed by atoms with E-state index in [0.29, 0.717) is 5.69 Å². The normalized spacial score (nSPS) is 11.0. The average molecular weight is 454 g/mol. The lowest BCUT2D eigenvalue weighted by molar-refractivity contribution is -0.126. The number of thioether (sulfide) groups is 1. The van der Waals surface area contributed by atoms with Gasteiger partial charge in [-0.25, -0.2) is 4.79 Å². The number of amides is 2. The molecule has 0 saturated heterocycles. The summed E-state index contributed by atoms with van der Waals surface area (Å²) in [5, 5.41) is 5.07. The van der Waals surface area contributed by atoms with Crippen molar-refractivity contribution in [1.82, 2.24) is 5.32 Å². The Balaban J connectivity index is 1.79. The van der Waals surface area contributed by atoms with Gasteiger partial charge >= 0.3 is 11.5 Å². The van der Waals surface area contributed by atoms with Gasteiger partial charge in [-0.05, 0) is 67.9 Å². The van der Waals surface area contributed by atoms with E-state index in [1.807, 2.05) is 32.9 Å². The van der Waals surface area contributed by atoms with Crippen LogP contribution in [0.5, 0.6) is 0 Å². The molecule has 2 amide bonds. The number of esters is 1. The fourth-order valence-electron chi connectivity index (χ4n) is 2.80. The number of rotatable bonds is 7. The molecule has 2 aromatic rings. The summed E-state index contributed by atoms with van der Waals surface area (Å²) < 4.78 is 41.8. The monoisotopic (exact) mass is 454 g/mol. The van der Waals surface area contributed by atoms with Gasteiger partial charge < -0.3 is 15.4 Å². The number of carbonyl (C=O) groups excluding carboxylic acids is 3. The Hall–Kier alpha value is -3.01. The van der Waals surface area contributed by atoms with Crippen molar-refractivity contribution in [3.05, 3.63) is 58.7 Å². The van der Waals surface area contributed by atoms with E-state index in [1.54, 1.807) is 0 Å². The molecule has 0 aliphatic heterocycles. The van der Waals surface area contributed by atoms with Gasteiger partial charge in [0, 0.05) is 10.6 Å². The SMILES string of the molecule is Cc1cc(C)c(NC(=O)CNC(=O)COC(=O)c2ccc(SC(F)(F)F)cc2)c(C)c1. The first-order valence-electron chi connectivity index (χ1n) is 9.12. The van der Waals surface area contributed by atoms with E-state index in [0.717, 1.165) is 28.8 Å². The number of ether oxygens (including phenoxy) is 1. The van der Waals surface area contributed by atoms with Crippen LogP contribution in [0.4, 0.5) is 18.9 Å². The lowest BCUT2D eigenvalue weighted by Gasteiger charge is -2.13. The molecule has 31 heavy (non-hydrogen) atoms. The molecule has 0 radical (unpaired) electrons. The van der Waals surface area contributed by atoms with Crippen molar-refractivity contribution in [2.75, 3.05) is 18.5 Å². The van der Waals surface area contributed by atoms with Crippen LogP contribution in [-0.2, 0) is 14.3 Å². The third kappa shape index (κ3) is 7.97. The summed E-state index contributed by atoms with van der Waals surface area (Å²) in [4.78, 5) is 35.7. The van der Waals surface area contributed by atoms with Crippen molar-refractivity contribution in [2.45, 2.75) is 31.2 Å². The third-order valence-electron chi connectivity index (χ3n) is 4.05. The second-order valence-corrected chi connectivity index (χ2v) is 7.89. The van der Waals surface area contributed by atoms with Crippen molar-refractivity contribution in [1.29, 1.82) is 0 Å². The van der Waals surface area contributed by atoms with Crippen LogP contribution < -0.4 is 10.6 Å². The van der Waals surface area contributed by atoms with Gasteiger partial charge in [0.1, 0.15) is 0 Å². The lowest BCUT2D eigenvalue weighted by atomic mass is 10.1. The molecular formula is C21H21F3N2O4S. The quantitative estimate of drug-likeness (QED) is 0.485. The second-order valence-electron chi connectivity index (χ2n) is 6.75. The summed E-state index contributed by atoms with van der Waals surface area (Å²) in [6.07, 6.45) is 0. The summed E-state index contributed by atoms with van der Waals surface area (Å²) in [6, 6.07) is 8.47. The standard InChI is InChI=1S/C21H21F3N2O4S/c1-12-8-13(2)19(14(3)9-12)26-17(27)10-25-18(28)11-30-20(29)15-4-6-16(7-5-15)31-21(22,23)24/h4-9H,10-11H2,1-3H3,(H,25,28)(H,26,27). The number of nitrogens with one attached hydrogen (secondary N) is 2. The molecule has 2 rings (SSSR count). The number of alkyl halides is 3. The Morgan fingerprint density at radius 2 is 1.55 bits per heavy atom. The number of hydrogen-bond donors (Lipinski definition) is 2. The van der Waals surface area contributed by atoms with Crippen molar-refractivity contribution in [3.8, 4) is 0 Å². The van der Waals surface area contributed by atoms with Crippen LogP contribution in [0.1, 0.15) is 27.0 Å². The maximum atomic E-state index is 12.3. The average Bonchev–Trinajstić information content (AvgIpc) is 2.66. The molecule has 0 spiro atoms. The van der Waals surface area contributed by atoms with E-state index in [1.165, 1.54) is 12.1 Å². The zero-order valence-corrected chi connectivity index (χ0v) is 17.9. The van der Waals surface area contributed by atoms with Gasteiger partial charge in [0.2, 0.25) is 5.91 Å². The highest BCUT2D eigenvalue weighted by Gasteiger charge is 2.29. The maximum absolute atomic E-state index is 12.3. The lowest BCUT2D eigenvalue weighted by Crippen LogP contribution is -2.35. The van der Waals surface area contributed by atoms with Gasteiger partial charge in [-0.3, -0.25) is 9.59 Å². The molecule has 0 unspecified atom stereocenters. The van der Waals surface area contributed by atoms with Crippen LogP contribution in [-0.4, -0.2) is 36.4 Å². The Morgan fingerprint density at radius 3 is 2.10 bits per heavy atom. The predicted molar refractivity (Wildman–Crippen MR) is 111 cm³/mol. The predicted octanol–water partition coefficient (Wildman–Crippen LogP) is 4.14. The fraction of sp³-hybridized carbons (Fsp3) is 0.286. The van der Waals surface area contributed by atoms with Crippen molar-refractivity contribution >= 4 is 35.2 Å². The molecule has 0 heterocycles. The number of hydrogen-bond acceptors (Lipinski definition) is 5. The van der Waals surface area contributed by atoms with Crippen LogP contribution in [0, 0.1) is 20.8 Å². The zero-order chi connectivity index (χ0) is 23.2. The molecule has 0 aromatic heterocycles. The number of benzene rings is 2.